The smallest absolute Gasteiger partial charge is 0.259 e. The molecule has 2 aromatic rings. The first-order chi connectivity index (χ1) is 12.3. The third-order valence-electron chi connectivity index (χ3n) is 4.63. The number of pyridine rings is 1. The number of aryl methyl sites for hydroxylation is 1. The molecule has 2 aromatic heterocycles. The van der Waals surface area contributed by atoms with Gasteiger partial charge >= 0.3 is 0 Å². The van der Waals surface area contributed by atoms with Crippen LogP contribution in [0.4, 0.5) is 0 Å². The van der Waals surface area contributed by atoms with Crippen molar-refractivity contribution in [1.29, 1.82) is 0 Å². The molecule has 7 nitrogen and oxygen atoms in total. The molecule has 0 radical (unpaired) electrons. The number of likely N-dealkylation sites (N-methyl/N-ethyl adjacent to an activating group) is 1. The minimum atomic E-state index is -0.565. The lowest BCUT2D eigenvalue weighted by molar-refractivity contribution is -0.131. The second-order valence-electron chi connectivity index (χ2n) is 7.71. The summed E-state index contributed by atoms with van der Waals surface area (Å²) in [5.41, 5.74) is 2.35. The van der Waals surface area contributed by atoms with Gasteiger partial charge in [-0.25, -0.2) is 4.98 Å². The SMILES string of the molecule is Cc1noc2nc(C3CC3)cc(C(=O)NC(CC(C)C)C(=O)N(C)C)c12. The molecule has 2 amide bonds. The summed E-state index contributed by atoms with van der Waals surface area (Å²) in [5.74, 6) is 0.264. The van der Waals surface area contributed by atoms with Crippen molar-refractivity contribution in [3.8, 4) is 0 Å². The lowest BCUT2D eigenvalue weighted by Gasteiger charge is -2.23. The fourth-order valence-electron chi connectivity index (χ4n) is 3.12. The Hall–Kier alpha value is -2.44. The van der Waals surface area contributed by atoms with Gasteiger partial charge < -0.3 is 14.7 Å². The molecule has 1 aliphatic carbocycles. The number of nitrogens with zero attached hydrogens (tertiary/aromatic N) is 3. The molecule has 1 atom stereocenters. The summed E-state index contributed by atoms with van der Waals surface area (Å²) < 4.78 is 5.30. The predicted octanol–water partition coefficient (Wildman–Crippen LogP) is 2.64. The highest BCUT2D eigenvalue weighted by Crippen LogP contribution is 2.40. The first-order valence-electron chi connectivity index (χ1n) is 9.06. The molecular weight excluding hydrogens is 332 g/mol. The molecule has 1 fully saturated rings. The summed E-state index contributed by atoms with van der Waals surface area (Å²) in [6.07, 6.45) is 2.72. The molecule has 1 aliphatic rings. The molecule has 1 saturated carbocycles. The second kappa shape index (κ2) is 7.05. The Labute approximate surface area is 153 Å². The van der Waals surface area contributed by atoms with E-state index in [0.29, 0.717) is 34.7 Å². The Morgan fingerprint density at radius 3 is 2.62 bits per heavy atom. The third-order valence-corrected chi connectivity index (χ3v) is 4.63. The molecule has 1 unspecified atom stereocenters. The monoisotopic (exact) mass is 358 g/mol. The van der Waals surface area contributed by atoms with Crippen molar-refractivity contribution in [3.63, 3.8) is 0 Å². The van der Waals surface area contributed by atoms with E-state index in [9.17, 15) is 9.59 Å². The molecule has 0 bridgehead atoms. The Bertz CT molecular complexity index is 837. The van der Waals surface area contributed by atoms with E-state index in [1.807, 2.05) is 19.9 Å². The fraction of sp³-hybridized carbons (Fsp3) is 0.579. The standard InChI is InChI=1S/C19H26N4O3/c1-10(2)8-15(19(25)23(4)5)20-17(24)13-9-14(12-6-7-12)21-18-16(13)11(3)22-26-18/h9-10,12,15H,6-8H2,1-5H3,(H,20,24). The van der Waals surface area contributed by atoms with Crippen LogP contribution in [-0.4, -0.2) is 47.0 Å². The molecule has 7 heteroatoms. The molecule has 2 heterocycles. The number of hydrogen-bond donors (Lipinski definition) is 1. The zero-order valence-electron chi connectivity index (χ0n) is 16.0. The zero-order chi connectivity index (χ0) is 19.0. The van der Waals surface area contributed by atoms with Gasteiger partial charge in [-0.1, -0.05) is 19.0 Å². The molecule has 0 saturated heterocycles. The summed E-state index contributed by atoms with van der Waals surface area (Å²) in [6.45, 7) is 5.85. The molecule has 26 heavy (non-hydrogen) atoms. The summed E-state index contributed by atoms with van der Waals surface area (Å²) >= 11 is 0. The summed E-state index contributed by atoms with van der Waals surface area (Å²) in [7, 11) is 3.39. The number of nitrogens with one attached hydrogen (secondary N) is 1. The number of carbonyl (C=O) groups is 2. The Morgan fingerprint density at radius 2 is 2.04 bits per heavy atom. The lowest BCUT2D eigenvalue weighted by Crippen LogP contribution is -2.47. The van der Waals surface area contributed by atoms with E-state index in [1.54, 1.807) is 21.0 Å². The molecule has 0 spiro atoms. The normalized spacial score (nSPS) is 15.3. The van der Waals surface area contributed by atoms with Crippen LogP contribution in [0.3, 0.4) is 0 Å². The third kappa shape index (κ3) is 3.71. The number of amides is 2. The predicted molar refractivity (Wildman–Crippen MR) is 97.9 cm³/mol. The van der Waals surface area contributed by atoms with Crippen LogP contribution in [0, 0.1) is 12.8 Å². The number of hydrogen-bond acceptors (Lipinski definition) is 5. The molecule has 1 N–H and O–H groups in total. The van der Waals surface area contributed by atoms with Crippen molar-refractivity contribution in [2.75, 3.05) is 14.1 Å². The van der Waals surface area contributed by atoms with Gasteiger partial charge in [0.25, 0.3) is 11.6 Å². The van der Waals surface area contributed by atoms with Gasteiger partial charge in [-0.05, 0) is 38.2 Å². The average Bonchev–Trinajstić information content (AvgIpc) is 3.36. The van der Waals surface area contributed by atoms with Crippen LogP contribution in [0.5, 0.6) is 0 Å². The second-order valence-corrected chi connectivity index (χ2v) is 7.71. The maximum Gasteiger partial charge on any atom is 0.259 e. The number of carbonyl (C=O) groups excluding carboxylic acids is 2. The van der Waals surface area contributed by atoms with Gasteiger partial charge in [0.15, 0.2) is 0 Å². The average molecular weight is 358 g/mol. The molecule has 3 rings (SSSR count). The van der Waals surface area contributed by atoms with Crippen LogP contribution in [0.25, 0.3) is 11.1 Å². The zero-order valence-corrected chi connectivity index (χ0v) is 16.0. The van der Waals surface area contributed by atoms with Gasteiger partial charge in [-0.2, -0.15) is 0 Å². The maximum absolute atomic E-state index is 13.0. The number of fused-ring (bicyclic) bond motifs is 1. The van der Waals surface area contributed by atoms with E-state index < -0.39 is 6.04 Å². The number of aromatic nitrogens is 2. The highest BCUT2D eigenvalue weighted by atomic mass is 16.5. The Balaban J connectivity index is 1.95. The van der Waals surface area contributed by atoms with Gasteiger partial charge in [0, 0.05) is 25.7 Å². The molecular formula is C19H26N4O3. The number of rotatable bonds is 6. The Kier molecular flexibility index (Phi) is 4.98. The quantitative estimate of drug-likeness (QED) is 0.857. The van der Waals surface area contributed by atoms with Gasteiger partial charge in [0.05, 0.1) is 16.6 Å². The van der Waals surface area contributed by atoms with Crippen molar-refractivity contribution in [2.45, 2.75) is 52.0 Å². The van der Waals surface area contributed by atoms with Crippen molar-refractivity contribution >= 4 is 22.9 Å². The van der Waals surface area contributed by atoms with Crippen molar-refractivity contribution in [1.82, 2.24) is 20.4 Å². The van der Waals surface area contributed by atoms with Crippen molar-refractivity contribution in [2.24, 2.45) is 5.92 Å². The van der Waals surface area contributed by atoms with E-state index in [0.717, 1.165) is 18.5 Å². The van der Waals surface area contributed by atoms with Gasteiger partial charge in [0.2, 0.25) is 5.91 Å². The molecule has 0 aromatic carbocycles. The highest BCUT2D eigenvalue weighted by molar-refractivity contribution is 6.07. The first kappa shape index (κ1) is 18.4. The van der Waals surface area contributed by atoms with Gasteiger partial charge in [0.1, 0.15) is 6.04 Å². The van der Waals surface area contributed by atoms with Gasteiger partial charge in [-0.15, -0.1) is 0 Å². The summed E-state index contributed by atoms with van der Waals surface area (Å²) in [4.78, 5) is 31.5. The fourth-order valence-corrected chi connectivity index (χ4v) is 3.12. The van der Waals surface area contributed by atoms with Crippen LogP contribution in [0.1, 0.15) is 60.8 Å². The van der Waals surface area contributed by atoms with E-state index in [4.69, 9.17) is 4.52 Å². The van der Waals surface area contributed by atoms with E-state index in [-0.39, 0.29) is 17.7 Å². The molecule has 140 valence electrons. The summed E-state index contributed by atoms with van der Waals surface area (Å²) in [6, 6.07) is 1.26. The molecule has 0 aliphatic heterocycles. The van der Waals surface area contributed by atoms with Crippen LogP contribution in [0.15, 0.2) is 10.6 Å². The Morgan fingerprint density at radius 1 is 1.35 bits per heavy atom. The minimum Gasteiger partial charge on any atom is -0.347 e. The van der Waals surface area contributed by atoms with E-state index in [1.165, 1.54) is 4.90 Å². The topological polar surface area (TPSA) is 88.3 Å². The highest BCUT2D eigenvalue weighted by Gasteiger charge is 2.30. The van der Waals surface area contributed by atoms with E-state index in [2.05, 4.69) is 15.5 Å². The van der Waals surface area contributed by atoms with Crippen LogP contribution in [0.2, 0.25) is 0 Å². The first-order valence-corrected chi connectivity index (χ1v) is 9.06. The maximum atomic E-state index is 13.0. The van der Waals surface area contributed by atoms with Crippen LogP contribution >= 0.6 is 0 Å². The van der Waals surface area contributed by atoms with Crippen molar-refractivity contribution < 1.29 is 14.1 Å². The lowest BCUT2D eigenvalue weighted by atomic mass is 10.0. The van der Waals surface area contributed by atoms with Crippen LogP contribution in [-0.2, 0) is 4.79 Å². The van der Waals surface area contributed by atoms with Crippen LogP contribution < -0.4 is 5.32 Å². The summed E-state index contributed by atoms with van der Waals surface area (Å²) in [5, 5.41) is 7.49. The minimum absolute atomic E-state index is 0.109. The van der Waals surface area contributed by atoms with Crippen molar-refractivity contribution in [3.05, 3.63) is 23.0 Å². The van der Waals surface area contributed by atoms with E-state index >= 15 is 0 Å². The van der Waals surface area contributed by atoms with Gasteiger partial charge in [-0.3, -0.25) is 9.59 Å². The largest absolute Gasteiger partial charge is 0.347 e.